The van der Waals surface area contributed by atoms with Crippen LogP contribution in [0.15, 0.2) is 48.5 Å². The molecule has 1 fully saturated rings. The molecule has 2 amide bonds. The number of piperidine rings is 1. The molecule has 0 unspecified atom stereocenters. The number of anilines is 1. The Balaban J connectivity index is 1.61. The van der Waals surface area contributed by atoms with Gasteiger partial charge in [0.25, 0.3) is 5.91 Å². The molecular weight excluding hydrogens is 460 g/mol. The second-order valence-electron chi connectivity index (χ2n) is 10.3. The quantitative estimate of drug-likeness (QED) is 0.553. The van der Waals surface area contributed by atoms with Crippen molar-refractivity contribution in [1.82, 2.24) is 4.90 Å². The van der Waals surface area contributed by atoms with Gasteiger partial charge in [-0.1, -0.05) is 24.3 Å². The molecule has 8 nitrogen and oxygen atoms in total. The standard InChI is InChI=1S/C28H34N2O6/c1-27(2)16-20(31)17-28(3,4)30(27)25(33)18-36-26(34)22-8-6-7-9-23(22)29-24(32)15-12-19-10-13-21(35-5)14-11-19/h6-11,13-14H,12,15-18H2,1-5H3,(H,29,32). The topological polar surface area (TPSA) is 102 Å². The van der Waals surface area contributed by atoms with Crippen LogP contribution in [0.5, 0.6) is 5.75 Å². The average molecular weight is 495 g/mol. The van der Waals surface area contributed by atoms with E-state index in [2.05, 4.69) is 5.32 Å². The fourth-order valence-corrected chi connectivity index (χ4v) is 4.98. The van der Waals surface area contributed by atoms with Crippen molar-refractivity contribution in [2.75, 3.05) is 19.0 Å². The Morgan fingerprint density at radius 1 is 0.944 bits per heavy atom. The average Bonchev–Trinajstić information content (AvgIpc) is 2.80. The summed E-state index contributed by atoms with van der Waals surface area (Å²) in [5.41, 5.74) is 0.104. The maximum absolute atomic E-state index is 13.1. The Kier molecular flexibility index (Phi) is 8.17. The molecule has 0 radical (unpaired) electrons. The van der Waals surface area contributed by atoms with Gasteiger partial charge in [-0.3, -0.25) is 14.4 Å². The summed E-state index contributed by atoms with van der Waals surface area (Å²) in [6, 6.07) is 14.0. The van der Waals surface area contributed by atoms with E-state index in [9.17, 15) is 19.2 Å². The summed E-state index contributed by atoms with van der Waals surface area (Å²) in [4.78, 5) is 52.2. The molecule has 1 aliphatic rings. The highest BCUT2D eigenvalue weighted by molar-refractivity contribution is 6.02. The van der Waals surface area contributed by atoms with Gasteiger partial charge in [0.05, 0.1) is 18.4 Å². The number of hydrogen-bond donors (Lipinski definition) is 1. The minimum Gasteiger partial charge on any atom is -0.497 e. The normalized spacial score (nSPS) is 16.2. The number of amides is 2. The second-order valence-corrected chi connectivity index (χ2v) is 10.3. The van der Waals surface area contributed by atoms with Crippen molar-refractivity contribution >= 4 is 29.3 Å². The molecule has 3 rings (SSSR count). The molecule has 1 N–H and O–H groups in total. The van der Waals surface area contributed by atoms with Crippen molar-refractivity contribution in [3.05, 3.63) is 59.7 Å². The number of carbonyl (C=O) groups excluding carboxylic acids is 4. The molecule has 0 aromatic heterocycles. The highest BCUT2D eigenvalue weighted by atomic mass is 16.5. The molecule has 0 saturated carbocycles. The van der Waals surface area contributed by atoms with E-state index in [4.69, 9.17) is 9.47 Å². The van der Waals surface area contributed by atoms with Crippen molar-refractivity contribution in [3.63, 3.8) is 0 Å². The molecule has 2 aromatic carbocycles. The predicted molar refractivity (Wildman–Crippen MR) is 136 cm³/mol. The van der Waals surface area contributed by atoms with Gasteiger partial charge in [0.15, 0.2) is 6.61 Å². The molecule has 192 valence electrons. The van der Waals surface area contributed by atoms with Gasteiger partial charge >= 0.3 is 5.97 Å². The summed E-state index contributed by atoms with van der Waals surface area (Å²) in [6.07, 6.45) is 1.26. The Hall–Kier alpha value is -3.68. The van der Waals surface area contributed by atoms with Crippen molar-refractivity contribution in [2.24, 2.45) is 0 Å². The van der Waals surface area contributed by atoms with Gasteiger partial charge in [-0.2, -0.15) is 0 Å². The molecule has 0 bridgehead atoms. The summed E-state index contributed by atoms with van der Waals surface area (Å²) in [6.45, 7) is 6.88. The van der Waals surface area contributed by atoms with Gasteiger partial charge in [-0.05, 0) is 63.9 Å². The van der Waals surface area contributed by atoms with E-state index in [1.165, 1.54) is 0 Å². The summed E-state index contributed by atoms with van der Waals surface area (Å²) < 4.78 is 10.5. The fraction of sp³-hybridized carbons (Fsp3) is 0.429. The number of carbonyl (C=O) groups is 4. The van der Waals surface area contributed by atoms with E-state index in [-0.39, 0.29) is 42.4 Å². The Morgan fingerprint density at radius 2 is 1.56 bits per heavy atom. The smallest absolute Gasteiger partial charge is 0.340 e. The van der Waals surface area contributed by atoms with Crippen LogP contribution >= 0.6 is 0 Å². The van der Waals surface area contributed by atoms with Crippen molar-refractivity contribution in [2.45, 2.75) is 64.5 Å². The number of benzene rings is 2. The van der Waals surface area contributed by atoms with Gasteiger partial charge in [0.2, 0.25) is 5.91 Å². The van der Waals surface area contributed by atoms with Crippen LogP contribution < -0.4 is 10.1 Å². The van der Waals surface area contributed by atoms with Gasteiger partial charge in [-0.25, -0.2) is 4.79 Å². The number of aryl methyl sites for hydroxylation is 1. The number of ketones is 1. The van der Waals surface area contributed by atoms with Gasteiger partial charge < -0.3 is 19.7 Å². The van der Waals surface area contributed by atoms with Crippen LogP contribution in [0.25, 0.3) is 0 Å². The second kappa shape index (κ2) is 10.9. The molecule has 1 aliphatic heterocycles. The third kappa shape index (κ3) is 6.50. The number of nitrogens with zero attached hydrogens (tertiary/aromatic N) is 1. The molecule has 1 saturated heterocycles. The molecule has 0 aliphatic carbocycles. The highest BCUT2D eigenvalue weighted by Gasteiger charge is 2.47. The number of esters is 1. The van der Waals surface area contributed by atoms with Crippen LogP contribution in [0.2, 0.25) is 0 Å². The van der Waals surface area contributed by atoms with Crippen molar-refractivity contribution in [3.8, 4) is 5.75 Å². The minimum absolute atomic E-state index is 0.0997. The van der Waals surface area contributed by atoms with Crippen LogP contribution in [-0.4, -0.2) is 53.3 Å². The lowest BCUT2D eigenvalue weighted by molar-refractivity contribution is -0.156. The van der Waals surface area contributed by atoms with Crippen LogP contribution in [0, 0.1) is 0 Å². The first-order chi connectivity index (χ1) is 16.9. The molecule has 8 heteroatoms. The number of methoxy groups -OCH3 is 1. The Morgan fingerprint density at radius 3 is 2.17 bits per heavy atom. The Labute approximate surface area is 212 Å². The summed E-state index contributed by atoms with van der Waals surface area (Å²) in [7, 11) is 1.60. The number of likely N-dealkylation sites (tertiary alicyclic amines) is 1. The number of para-hydroxylation sites is 1. The Bertz CT molecular complexity index is 1120. The van der Waals surface area contributed by atoms with E-state index in [0.29, 0.717) is 12.1 Å². The first-order valence-corrected chi connectivity index (χ1v) is 12.0. The maximum atomic E-state index is 13.1. The van der Waals surface area contributed by atoms with Crippen molar-refractivity contribution < 1.29 is 28.7 Å². The largest absolute Gasteiger partial charge is 0.497 e. The summed E-state index contributed by atoms with van der Waals surface area (Å²) in [5.74, 6) is -0.480. The maximum Gasteiger partial charge on any atom is 0.340 e. The van der Waals surface area contributed by atoms with Crippen LogP contribution in [0.1, 0.15) is 62.9 Å². The fourth-order valence-electron chi connectivity index (χ4n) is 4.98. The van der Waals surface area contributed by atoms with Crippen LogP contribution in [-0.2, 0) is 25.5 Å². The first-order valence-electron chi connectivity index (χ1n) is 12.0. The van der Waals surface area contributed by atoms with E-state index >= 15 is 0 Å². The van der Waals surface area contributed by atoms with E-state index in [1.807, 2.05) is 52.0 Å². The SMILES string of the molecule is COc1ccc(CCC(=O)Nc2ccccc2C(=O)OCC(=O)N2C(C)(C)CC(=O)CC2(C)C)cc1. The van der Waals surface area contributed by atoms with Gasteiger partial charge in [0, 0.05) is 30.3 Å². The number of nitrogens with one attached hydrogen (secondary N) is 1. The molecule has 1 heterocycles. The summed E-state index contributed by atoms with van der Waals surface area (Å²) in [5, 5.41) is 2.77. The zero-order valence-electron chi connectivity index (χ0n) is 21.6. The van der Waals surface area contributed by atoms with E-state index < -0.39 is 23.7 Å². The molecule has 36 heavy (non-hydrogen) atoms. The number of rotatable bonds is 8. The van der Waals surface area contributed by atoms with Gasteiger partial charge in [0.1, 0.15) is 11.5 Å². The lowest BCUT2D eigenvalue weighted by atomic mass is 9.79. The molecule has 0 atom stereocenters. The van der Waals surface area contributed by atoms with Gasteiger partial charge in [-0.15, -0.1) is 0 Å². The number of hydrogen-bond acceptors (Lipinski definition) is 6. The third-order valence-electron chi connectivity index (χ3n) is 6.27. The zero-order valence-corrected chi connectivity index (χ0v) is 21.6. The highest BCUT2D eigenvalue weighted by Crippen LogP contribution is 2.36. The lowest BCUT2D eigenvalue weighted by Crippen LogP contribution is -2.63. The third-order valence-corrected chi connectivity index (χ3v) is 6.27. The molecule has 0 spiro atoms. The van der Waals surface area contributed by atoms with Crippen molar-refractivity contribution in [1.29, 1.82) is 0 Å². The monoisotopic (exact) mass is 494 g/mol. The molecule has 2 aromatic rings. The molecular formula is C28H34N2O6. The predicted octanol–water partition coefficient (Wildman–Crippen LogP) is 4.17. The summed E-state index contributed by atoms with van der Waals surface area (Å²) >= 11 is 0. The lowest BCUT2D eigenvalue weighted by Gasteiger charge is -2.51. The van der Waals surface area contributed by atoms with E-state index in [0.717, 1.165) is 11.3 Å². The van der Waals surface area contributed by atoms with Crippen LogP contribution in [0.4, 0.5) is 5.69 Å². The first kappa shape index (κ1) is 26.9. The minimum atomic E-state index is -0.710. The van der Waals surface area contributed by atoms with E-state index in [1.54, 1.807) is 36.3 Å². The zero-order chi connectivity index (χ0) is 26.5. The number of ether oxygens (including phenoxy) is 2. The number of Topliss-reactive ketones (excluding diaryl/α,β-unsaturated/α-hetero) is 1. The van der Waals surface area contributed by atoms with Crippen LogP contribution in [0.3, 0.4) is 0 Å².